The summed E-state index contributed by atoms with van der Waals surface area (Å²) >= 11 is 0. The summed E-state index contributed by atoms with van der Waals surface area (Å²) in [5.74, 6) is -0.735. The zero-order chi connectivity index (χ0) is 13.5. The van der Waals surface area contributed by atoms with Crippen molar-refractivity contribution in [1.82, 2.24) is 15.5 Å². The Bertz CT molecular complexity index is 416. The standard InChI is InChI=1S/C10H16N4O4/c1-6(2)9-13-14-10(18-9)12-7(15)5-11-4-3-8(16)17/h6,11H,3-5H2,1-2H3,(H,16,17)(H,12,14,15). The van der Waals surface area contributed by atoms with Crippen molar-refractivity contribution in [3.8, 4) is 0 Å². The van der Waals surface area contributed by atoms with Crippen LogP contribution in [0.2, 0.25) is 0 Å². The highest BCUT2D eigenvalue weighted by molar-refractivity contribution is 5.90. The van der Waals surface area contributed by atoms with E-state index in [-0.39, 0.29) is 37.4 Å². The Kier molecular flexibility index (Phi) is 5.25. The molecule has 0 bridgehead atoms. The first-order valence-electron chi connectivity index (χ1n) is 5.54. The number of carbonyl (C=O) groups excluding carboxylic acids is 1. The number of hydrogen-bond donors (Lipinski definition) is 3. The number of carbonyl (C=O) groups is 2. The number of amides is 1. The van der Waals surface area contributed by atoms with Crippen molar-refractivity contribution in [2.24, 2.45) is 0 Å². The summed E-state index contributed by atoms with van der Waals surface area (Å²) in [5.41, 5.74) is 0. The molecule has 8 heteroatoms. The number of aliphatic carboxylic acids is 1. The van der Waals surface area contributed by atoms with Crippen LogP contribution in [0.25, 0.3) is 0 Å². The number of hydrogen-bond acceptors (Lipinski definition) is 6. The number of aromatic nitrogens is 2. The number of anilines is 1. The number of carboxylic acids is 1. The van der Waals surface area contributed by atoms with E-state index in [1.807, 2.05) is 13.8 Å². The second-order valence-corrected chi connectivity index (χ2v) is 3.97. The molecule has 1 heterocycles. The maximum Gasteiger partial charge on any atom is 0.322 e. The van der Waals surface area contributed by atoms with Gasteiger partial charge in [-0.15, -0.1) is 5.10 Å². The van der Waals surface area contributed by atoms with Crippen molar-refractivity contribution < 1.29 is 19.1 Å². The Labute approximate surface area is 104 Å². The Morgan fingerprint density at radius 2 is 2.11 bits per heavy atom. The molecule has 100 valence electrons. The summed E-state index contributed by atoms with van der Waals surface area (Å²) in [6, 6.07) is 0.0451. The van der Waals surface area contributed by atoms with Crippen LogP contribution in [-0.4, -0.2) is 40.3 Å². The quantitative estimate of drug-likeness (QED) is 0.596. The van der Waals surface area contributed by atoms with Crippen molar-refractivity contribution in [2.75, 3.05) is 18.4 Å². The van der Waals surface area contributed by atoms with E-state index in [1.165, 1.54) is 0 Å². The molecule has 8 nitrogen and oxygen atoms in total. The van der Waals surface area contributed by atoms with E-state index in [4.69, 9.17) is 9.52 Å². The van der Waals surface area contributed by atoms with Gasteiger partial charge in [0.15, 0.2) is 0 Å². The van der Waals surface area contributed by atoms with Crippen LogP contribution in [0, 0.1) is 0 Å². The van der Waals surface area contributed by atoms with Crippen molar-refractivity contribution in [2.45, 2.75) is 26.2 Å². The first-order chi connectivity index (χ1) is 8.49. The molecule has 0 unspecified atom stereocenters. The van der Waals surface area contributed by atoms with Crippen LogP contribution in [0.3, 0.4) is 0 Å². The second-order valence-electron chi connectivity index (χ2n) is 3.97. The van der Waals surface area contributed by atoms with Gasteiger partial charge in [-0.3, -0.25) is 14.9 Å². The molecule has 0 saturated heterocycles. The van der Waals surface area contributed by atoms with Gasteiger partial charge >= 0.3 is 12.0 Å². The van der Waals surface area contributed by atoms with E-state index in [0.717, 1.165) is 0 Å². The van der Waals surface area contributed by atoms with Gasteiger partial charge in [-0.1, -0.05) is 18.9 Å². The summed E-state index contributed by atoms with van der Waals surface area (Å²) in [5, 5.41) is 20.9. The lowest BCUT2D eigenvalue weighted by atomic mass is 10.2. The predicted octanol–water partition coefficient (Wildman–Crippen LogP) is 0.196. The fraction of sp³-hybridized carbons (Fsp3) is 0.600. The molecule has 0 aromatic carbocycles. The van der Waals surface area contributed by atoms with Crippen molar-refractivity contribution in [1.29, 1.82) is 0 Å². The highest BCUT2D eigenvalue weighted by Gasteiger charge is 2.11. The van der Waals surface area contributed by atoms with Crippen molar-refractivity contribution in [3.05, 3.63) is 5.89 Å². The molecule has 3 N–H and O–H groups in total. The molecule has 0 atom stereocenters. The summed E-state index contributed by atoms with van der Waals surface area (Å²) in [7, 11) is 0. The molecule has 18 heavy (non-hydrogen) atoms. The molecule has 0 radical (unpaired) electrons. The SMILES string of the molecule is CC(C)c1nnc(NC(=O)CNCCC(=O)O)o1. The minimum atomic E-state index is -0.915. The number of nitrogens with zero attached hydrogens (tertiary/aromatic N) is 2. The molecular weight excluding hydrogens is 240 g/mol. The Balaban J connectivity index is 2.28. The largest absolute Gasteiger partial charge is 0.481 e. The minimum absolute atomic E-state index is 0.00727. The lowest BCUT2D eigenvalue weighted by molar-refractivity contribution is -0.137. The van der Waals surface area contributed by atoms with Gasteiger partial charge in [0, 0.05) is 12.5 Å². The molecule has 1 aromatic heterocycles. The highest BCUT2D eigenvalue weighted by atomic mass is 16.4. The molecule has 1 aromatic rings. The van der Waals surface area contributed by atoms with Crippen molar-refractivity contribution in [3.63, 3.8) is 0 Å². The van der Waals surface area contributed by atoms with E-state index in [1.54, 1.807) is 0 Å². The molecule has 0 fully saturated rings. The number of rotatable bonds is 7. The number of carboxylic acid groups (broad SMARTS) is 1. The minimum Gasteiger partial charge on any atom is -0.481 e. The number of nitrogens with one attached hydrogen (secondary N) is 2. The van der Waals surface area contributed by atoms with Crippen LogP contribution in [-0.2, 0) is 9.59 Å². The smallest absolute Gasteiger partial charge is 0.322 e. The maximum atomic E-state index is 11.4. The molecular formula is C10H16N4O4. The fourth-order valence-electron chi connectivity index (χ4n) is 1.08. The average Bonchev–Trinajstić information content (AvgIpc) is 2.72. The Morgan fingerprint density at radius 3 is 2.67 bits per heavy atom. The summed E-state index contributed by atoms with van der Waals surface area (Å²) in [4.78, 5) is 21.6. The van der Waals surface area contributed by atoms with Gasteiger partial charge in [-0.25, -0.2) is 0 Å². The van der Waals surface area contributed by atoms with Gasteiger partial charge in [-0.05, 0) is 0 Å². The first kappa shape index (κ1) is 14.1. The normalized spacial score (nSPS) is 10.6. The van der Waals surface area contributed by atoms with Gasteiger partial charge in [0.1, 0.15) is 0 Å². The lowest BCUT2D eigenvalue weighted by Gasteiger charge is -2.02. The fourth-order valence-corrected chi connectivity index (χ4v) is 1.08. The third-order valence-corrected chi connectivity index (χ3v) is 1.98. The topological polar surface area (TPSA) is 117 Å². The monoisotopic (exact) mass is 256 g/mol. The van der Waals surface area contributed by atoms with Crippen molar-refractivity contribution >= 4 is 17.9 Å². The van der Waals surface area contributed by atoms with E-state index >= 15 is 0 Å². The van der Waals surface area contributed by atoms with Crippen LogP contribution in [0.4, 0.5) is 6.01 Å². The third-order valence-electron chi connectivity index (χ3n) is 1.98. The molecule has 0 aliphatic heterocycles. The molecule has 0 saturated carbocycles. The third kappa shape index (κ3) is 4.91. The predicted molar refractivity (Wildman–Crippen MR) is 62.1 cm³/mol. The molecule has 1 rings (SSSR count). The summed E-state index contributed by atoms with van der Waals surface area (Å²) in [6.07, 6.45) is -0.0364. The highest BCUT2D eigenvalue weighted by Crippen LogP contribution is 2.14. The van der Waals surface area contributed by atoms with E-state index in [2.05, 4.69) is 20.8 Å². The Morgan fingerprint density at radius 1 is 1.39 bits per heavy atom. The molecule has 0 aliphatic rings. The lowest BCUT2D eigenvalue weighted by Crippen LogP contribution is -2.29. The van der Waals surface area contributed by atoms with E-state index in [9.17, 15) is 9.59 Å². The average molecular weight is 256 g/mol. The van der Waals surface area contributed by atoms with Gasteiger partial charge in [0.05, 0.1) is 13.0 Å². The molecule has 1 amide bonds. The van der Waals surface area contributed by atoms with Crippen LogP contribution in [0.5, 0.6) is 0 Å². The van der Waals surface area contributed by atoms with Gasteiger partial charge in [0.2, 0.25) is 11.8 Å². The maximum absolute atomic E-state index is 11.4. The van der Waals surface area contributed by atoms with Crippen LogP contribution in [0.15, 0.2) is 4.42 Å². The van der Waals surface area contributed by atoms with Crippen LogP contribution < -0.4 is 10.6 Å². The zero-order valence-electron chi connectivity index (χ0n) is 10.3. The van der Waals surface area contributed by atoms with Crippen LogP contribution >= 0.6 is 0 Å². The molecule has 0 spiro atoms. The Hall–Kier alpha value is -1.96. The zero-order valence-corrected chi connectivity index (χ0v) is 10.3. The first-order valence-corrected chi connectivity index (χ1v) is 5.54. The van der Waals surface area contributed by atoms with Crippen LogP contribution in [0.1, 0.15) is 32.1 Å². The van der Waals surface area contributed by atoms with E-state index < -0.39 is 5.97 Å². The van der Waals surface area contributed by atoms with Gasteiger partial charge < -0.3 is 14.8 Å². The molecule has 0 aliphatic carbocycles. The summed E-state index contributed by atoms with van der Waals surface area (Å²) < 4.78 is 5.18. The second kappa shape index (κ2) is 6.70. The van der Waals surface area contributed by atoms with Gasteiger partial charge in [0.25, 0.3) is 0 Å². The van der Waals surface area contributed by atoms with Gasteiger partial charge in [-0.2, -0.15) is 0 Å². The summed E-state index contributed by atoms with van der Waals surface area (Å²) in [6.45, 7) is 4.01. The van der Waals surface area contributed by atoms with E-state index in [0.29, 0.717) is 5.89 Å².